The Morgan fingerprint density at radius 3 is 2.24 bits per heavy atom. The Hall–Kier alpha value is -3.65. The summed E-state index contributed by atoms with van der Waals surface area (Å²) in [5, 5.41) is 21.9. The summed E-state index contributed by atoms with van der Waals surface area (Å²) in [6, 6.07) is 13.7. The van der Waals surface area contributed by atoms with Gasteiger partial charge in [-0.2, -0.15) is 0 Å². The Morgan fingerprint density at radius 1 is 1.07 bits per heavy atom. The summed E-state index contributed by atoms with van der Waals surface area (Å²) in [6.45, 7) is 2.22. The molecule has 0 saturated carbocycles. The maximum absolute atomic E-state index is 12.7. The standard InChI is InChI=1S/C21H19NO7/c1-3-29-15-11-9-14(10-12-15)22-19(25)18(24)16(21(22,27)20(26)28-2)17(23)13-7-5-4-6-8-13/h4-12,23,27H,3H2,1-2H3. The van der Waals surface area contributed by atoms with Crippen molar-refractivity contribution in [1.29, 1.82) is 0 Å². The summed E-state index contributed by atoms with van der Waals surface area (Å²) in [4.78, 5) is 38.6. The molecule has 1 unspecified atom stereocenters. The van der Waals surface area contributed by atoms with E-state index in [0.29, 0.717) is 17.3 Å². The predicted octanol–water partition coefficient (Wildman–Crippen LogP) is 1.83. The summed E-state index contributed by atoms with van der Waals surface area (Å²) < 4.78 is 9.99. The van der Waals surface area contributed by atoms with Crippen LogP contribution in [0.5, 0.6) is 5.75 Å². The third kappa shape index (κ3) is 3.23. The number of carbonyl (C=O) groups excluding carboxylic acids is 3. The molecule has 8 nitrogen and oxygen atoms in total. The summed E-state index contributed by atoms with van der Waals surface area (Å²) in [5.74, 6) is -3.88. The van der Waals surface area contributed by atoms with Crippen LogP contribution in [0.4, 0.5) is 5.69 Å². The number of aliphatic hydroxyl groups excluding tert-OH is 1. The number of esters is 1. The summed E-state index contributed by atoms with van der Waals surface area (Å²) >= 11 is 0. The SMILES string of the molecule is CCOc1ccc(N2C(=O)C(=O)C(=C(O)c3ccccc3)C2(O)C(=O)OC)cc1. The number of benzene rings is 2. The van der Waals surface area contributed by atoms with Crippen molar-refractivity contribution in [2.75, 3.05) is 18.6 Å². The quantitative estimate of drug-likeness (QED) is 0.342. The summed E-state index contributed by atoms with van der Waals surface area (Å²) in [7, 11) is 1.00. The number of methoxy groups -OCH3 is 1. The first-order valence-corrected chi connectivity index (χ1v) is 8.77. The lowest BCUT2D eigenvalue weighted by Crippen LogP contribution is -2.54. The first kappa shape index (κ1) is 20.1. The fraction of sp³-hybridized carbons (Fsp3) is 0.190. The molecule has 1 atom stereocenters. The van der Waals surface area contributed by atoms with Crippen molar-refractivity contribution in [2.45, 2.75) is 12.6 Å². The topological polar surface area (TPSA) is 113 Å². The molecule has 0 spiro atoms. The minimum Gasteiger partial charge on any atom is -0.507 e. The van der Waals surface area contributed by atoms with Crippen LogP contribution in [0.2, 0.25) is 0 Å². The van der Waals surface area contributed by atoms with Crippen molar-refractivity contribution in [3.05, 3.63) is 65.7 Å². The van der Waals surface area contributed by atoms with Crippen molar-refractivity contribution < 1.29 is 34.1 Å². The molecule has 0 aliphatic carbocycles. The third-order valence-electron chi connectivity index (χ3n) is 4.46. The third-order valence-corrected chi connectivity index (χ3v) is 4.46. The van der Waals surface area contributed by atoms with Crippen molar-refractivity contribution in [1.82, 2.24) is 0 Å². The first-order chi connectivity index (χ1) is 13.9. The highest BCUT2D eigenvalue weighted by Gasteiger charge is 2.62. The van der Waals surface area contributed by atoms with E-state index in [1.807, 2.05) is 0 Å². The molecule has 1 heterocycles. The number of rotatable bonds is 5. The molecule has 8 heteroatoms. The molecule has 0 aromatic heterocycles. The van der Waals surface area contributed by atoms with E-state index >= 15 is 0 Å². The zero-order valence-electron chi connectivity index (χ0n) is 15.8. The number of Topliss-reactive ketones (excluding diaryl/α,β-unsaturated/α-hetero) is 1. The van der Waals surface area contributed by atoms with Crippen LogP contribution in [0.3, 0.4) is 0 Å². The molecule has 0 bridgehead atoms. The molecule has 1 aliphatic rings. The second-order valence-corrected chi connectivity index (χ2v) is 6.15. The average Bonchev–Trinajstić information content (AvgIpc) is 2.95. The molecule has 150 valence electrons. The molecule has 0 radical (unpaired) electrons. The first-order valence-electron chi connectivity index (χ1n) is 8.77. The number of hydrogen-bond donors (Lipinski definition) is 2. The number of amides is 1. The second kappa shape index (κ2) is 7.76. The molecule has 1 saturated heterocycles. The number of anilines is 1. The predicted molar refractivity (Wildman–Crippen MR) is 103 cm³/mol. The zero-order valence-corrected chi connectivity index (χ0v) is 15.8. The Balaban J connectivity index is 2.20. The van der Waals surface area contributed by atoms with Gasteiger partial charge >= 0.3 is 11.9 Å². The highest BCUT2D eigenvalue weighted by Crippen LogP contribution is 2.40. The van der Waals surface area contributed by atoms with Crippen LogP contribution >= 0.6 is 0 Å². The average molecular weight is 397 g/mol. The smallest absolute Gasteiger partial charge is 0.365 e. The van der Waals surface area contributed by atoms with Gasteiger partial charge in [-0.1, -0.05) is 30.3 Å². The van der Waals surface area contributed by atoms with Crippen LogP contribution in [-0.2, 0) is 19.1 Å². The maximum Gasteiger partial charge on any atom is 0.365 e. The summed E-state index contributed by atoms with van der Waals surface area (Å²) in [6.07, 6.45) is 0. The van der Waals surface area contributed by atoms with Crippen molar-refractivity contribution >= 4 is 29.1 Å². The molecule has 1 aliphatic heterocycles. The number of hydrogen-bond acceptors (Lipinski definition) is 7. The Morgan fingerprint density at radius 2 is 1.69 bits per heavy atom. The normalized spacial score (nSPS) is 20.6. The van der Waals surface area contributed by atoms with Gasteiger partial charge in [0.25, 0.3) is 11.5 Å². The fourth-order valence-electron chi connectivity index (χ4n) is 3.14. The number of aliphatic hydroxyl groups is 2. The van der Waals surface area contributed by atoms with E-state index in [9.17, 15) is 24.6 Å². The van der Waals surface area contributed by atoms with Gasteiger partial charge in [-0.05, 0) is 31.2 Å². The van der Waals surface area contributed by atoms with E-state index in [4.69, 9.17) is 4.74 Å². The lowest BCUT2D eigenvalue weighted by atomic mass is 9.97. The van der Waals surface area contributed by atoms with Gasteiger partial charge in [0.1, 0.15) is 17.1 Å². The highest BCUT2D eigenvalue weighted by atomic mass is 16.5. The lowest BCUT2D eigenvalue weighted by molar-refractivity contribution is -0.158. The van der Waals surface area contributed by atoms with E-state index < -0.39 is 34.7 Å². The van der Waals surface area contributed by atoms with Crippen molar-refractivity contribution in [2.24, 2.45) is 0 Å². The molecule has 29 heavy (non-hydrogen) atoms. The number of carbonyl (C=O) groups is 3. The van der Waals surface area contributed by atoms with Gasteiger partial charge in [0, 0.05) is 11.3 Å². The van der Waals surface area contributed by atoms with Crippen LogP contribution in [0.25, 0.3) is 5.76 Å². The van der Waals surface area contributed by atoms with Crippen LogP contribution in [0.1, 0.15) is 12.5 Å². The number of ketones is 1. The Labute approximate surface area is 166 Å². The molecule has 2 aromatic rings. The van der Waals surface area contributed by atoms with E-state index in [1.165, 1.54) is 36.4 Å². The van der Waals surface area contributed by atoms with Gasteiger partial charge in [-0.15, -0.1) is 0 Å². The molecule has 2 N–H and O–H groups in total. The fourth-order valence-corrected chi connectivity index (χ4v) is 3.14. The molecular weight excluding hydrogens is 378 g/mol. The van der Waals surface area contributed by atoms with E-state index in [0.717, 1.165) is 7.11 Å². The minimum atomic E-state index is -2.84. The van der Waals surface area contributed by atoms with Gasteiger partial charge < -0.3 is 19.7 Å². The molecule has 1 amide bonds. The molecule has 3 rings (SSSR count). The largest absolute Gasteiger partial charge is 0.507 e. The van der Waals surface area contributed by atoms with Gasteiger partial charge in [-0.25, -0.2) is 4.79 Å². The van der Waals surface area contributed by atoms with Gasteiger partial charge in [0.05, 0.1) is 13.7 Å². The van der Waals surface area contributed by atoms with Crippen molar-refractivity contribution in [3.63, 3.8) is 0 Å². The zero-order chi connectivity index (χ0) is 21.2. The summed E-state index contributed by atoms with van der Waals surface area (Å²) in [5.41, 5.74) is -3.40. The minimum absolute atomic E-state index is 0.0514. The highest BCUT2D eigenvalue weighted by molar-refractivity contribution is 6.54. The van der Waals surface area contributed by atoms with Gasteiger partial charge in [0.15, 0.2) is 0 Å². The molecule has 2 aromatic carbocycles. The van der Waals surface area contributed by atoms with Crippen LogP contribution < -0.4 is 9.64 Å². The van der Waals surface area contributed by atoms with Crippen molar-refractivity contribution in [3.8, 4) is 5.75 Å². The van der Waals surface area contributed by atoms with E-state index in [1.54, 1.807) is 25.1 Å². The molecule has 1 fully saturated rings. The maximum atomic E-state index is 12.7. The molecular formula is C21H19NO7. The van der Waals surface area contributed by atoms with Crippen LogP contribution in [0, 0.1) is 0 Å². The van der Waals surface area contributed by atoms with Gasteiger partial charge in [0.2, 0.25) is 0 Å². The number of nitrogens with zero attached hydrogens (tertiary/aromatic N) is 1. The Kier molecular flexibility index (Phi) is 5.38. The van der Waals surface area contributed by atoms with E-state index in [2.05, 4.69) is 4.74 Å². The monoisotopic (exact) mass is 397 g/mol. The van der Waals surface area contributed by atoms with Crippen LogP contribution in [0.15, 0.2) is 60.2 Å². The lowest BCUT2D eigenvalue weighted by Gasteiger charge is -2.31. The van der Waals surface area contributed by atoms with Gasteiger partial charge in [-0.3, -0.25) is 14.5 Å². The Bertz CT molecular complexity index is 982. The number of ether oxygens (including phenoxy) is 2. The van der Waals surface area contributed by atoms with E-state index in [-0.39, 0.29) is 11.3 Å². The van der Waals surface area contributed by atoms with Crippen LogP contribution in [-0.4, -0.2) is 47.3 Å². The second-order valence-electron chi connectivity index (χ2n) is 6.15.